The second kappa shape index (κ2) is 5.45. The fourth-order valence-corrected chi connectivity index (χ4v) is 2.19. The summed E-state index contributed by atoms with van der Waals surface area (Å²) < 4.78 is 5.22. The lowest BCUT2D eigenvalue weighted by molar-refractivity contribution is 0.0696. The van der Waals surface area contributed by atoms with Gasteiger partial charge in [0.25, 0.3) is 0 Å². The fraction of sp³-hybridized carbons (Fsp3) is 0.0714. The monoisotopic (exact) mass is 301 g/mol. The summed E-state index contributed by atoms with van der Waals surface area (Å²) in [5.74, 6) is 0.527. The van der Waals surface area contributed by atoms with Gasteiger partial charge in [0, 0.05) is 0 Å². The number of aromatic nitrogens is 3. The van der Waals surface area contributed by atoms with E-state index in [0.717, 1.165) is 5.56 Å². The van der Waals surface area contributed by atoms with Crippen molar-refractivity contribution in [2.24, 2.45) is 0 Å². The van der Waals surface area contributed by atoms with E-state index in [2.05, 4.69) is 27.8 Å². The lowest BCUT2D eigenvalue weighted by atomic mass is 10.1. The maximum Gasteiger partial charge on any atom is 0.335 e. The number of hydrogen-bond acceptors (Lipinski definition) is 5. The molecule has 0 fully saturated rings. The van der Waals surface area contributed by atoms with E-state index in [1.54, 1.807) is 36.6 Å². The molecule has 21 heavy (non-hydrogen) atoms. The van der Waals surface area contributed by atoms with E-state index < -0.39 is 11.2 Å². The highest BCUT2D eigenvalue weighted by atomic mass is 32.1. The second-order valence-electron chi connectivity index (χ2n) is 4.35. The summed E-state index contributed by atoms with van der Waals surface area (Å²) in [7, 11) is 0. The lowest BCUT2D eigenvalue weighted by Crippen LogP contribution is -2.01. The van der Waals surface area contributed by atoms with E-state index in [4.69, 9.17) is 9.52 Å². The molecule has 0 radical (unpaired) electrons. The number of thiol groups is 1. The van der Waals surface area contributed by atoms with Gasteiger partial charge in [0.2, 0.25) is 5.82 Å². The van der Waals surface area contributed by atoms with Crippen LogP contribution in [0.5, 0.6) is 0 Å². The van der Waals surface area contributed by atoms with Gasteiger partial charge < -0.3 is 9.52 Å². The van der Waals surface area contributed by atoms with Gasteiger partial charge in [-0.05, 0) is 29.8 Å². The Morgan fingerprint density at radius 2 is 2.19 bits per heavy atom. The summed E-state index contributed by atoms with van der Waals surface area (Å²) in [5.41, 5.74) is 0.928. The van der Waals surface area contributed by atoms with Crippen LogP contribution in [0, 0.1) is 0 Å². The van der Waals surface area contributed by atoms with Crippen LogP contribution in [0.2, 0.25) is 0 Å². The van der Waals surface area contributed by atoms with Gasteiger partial charge in [-0.2, -0.15) is 12.6 Å². The smallest absolute Gasteiger partial charge is 0.335 e. The predicted molar refractivity (Wildman–Crippen MR) is 78.3 cm³/mol. The number of carbonyl (C=O) groups is 1. The van der Waals surface area contributed by atoms with Crippen LogP contribution in [0.15, 0.2) is 47.1 Å². The highest BCUT2D eigenvalue weighted by molar-refractivity contribution is 7.80. The molecule has 1 unspecified atom stereocenters. The number of carboxylic acid groups (broad SMARTS) is 1. The second-order valence-corrected chi connectivity index (χ2v) is 4.87. The fourth-order valence-electron chi connectivity index (χ4n) is 1.91. The Morgan fingerprint density at radius 3 is 2.90 bits per heavy atom. The zero-order valence-electron chi connectivity index (χ0n) is 10.7. The highest BCUT2D eigenvalue weighted by Gasteiger charge is 2.17. The van der Waals surface area contributed by atoms with Crippen molar-refractivity contribution in [2.75, 3.05) is 0 Å². The molecule has 2 aromatic heterocycles. The van der Waals surface area contributed by atoms with Gasteiger partial charge in [0.15, 0.2) is 5.76 Å². The third kappa shape index (κ3) is 2.68. The molecule has 106 valence electrons. The summed E-state index contributed by atoms with van der Waals surface area (Å²) in [4.78, 5) is 15.3. The molecular weight excluding hydrogens is 290 g/mol. The van der Waals surface area contributed by atoms with Gasteiger partial charge in [-0.1, -0.05) is 12.1 Å². The molecule has 0 saturated heterocycles. The molecule has 3 aromatic rings. The lowest BCUT2D eigenvalue weighted by Gasteiger charge is -2.08. The van der Waals surface area contributed by atoms with Gasteiger partial charge in [0.1, 0.15) is 5.82 Å². The van der Waals surface area contributed by atoms with Crippen LogP contribution in [-0.2, 0) is 0 Å². The Morgan fingerprint density at radius 1 is 1.33 bits per heavy atom. The summed E-state index contributed by atoms with van der Waals surface area (Å²) >= 11 is 4.48. The SMILES string of the molecule is O=C(O)c1cccc(C(S)c2nc(-c3ccco3)n[nH]2)c1. The van der Waals surface area contributed by atoms with Gasteiger partial charge in [0.05, 0.1) is 17.1 Å². The summed E-state index contributed by atoms with van der Waals surface area (Å²) in [5, 5.41) is 15.5. The van der Waals surface area contributed by atoms with E-state index >= 15 is 0 Å². The number of furan rings is 1. The van der Waals surface area contributed by atoms with E-state index in [1.165, 1.54) is 6.07 Å². The van der Waals surface area contributed by atoms with Gasteiger partial charge in [-0.3, -0.25) is 5.10 Å². The first-order chi connectivity index (χ1) is 10.1. The molecule has 7 heteroatoms. The van der Waals surface area contributed by atoms with Crippen molar-refractivity contribution in [3.05, 3.63) is 59.6 Å². The molecule has 1 aromatic carbocycles. The largest absolute Gasteiger partial charge is 0.478 e. The average Bonchev–Trinajstić information content (AvgIpc) is 3.17. The zero-order valence-corrected chi connectivity index (χ0v) is 11.6. The van der Waals surface area contributed by atoms with Crippen LogP contribution in [0.4, 0.5) is 0 Å². The first kappa shape index (κ1) is 13.4. The topological polar surface area (TPSA) is 92.0 Å². The minimum Gasteiger partial charge on any atom is -0.478 e. The molecule has 0 amide bonds. The summed E-state index contributed by atoms with van der Waals surface area (Å²) in [6, 6.07) is 10.1. The molecule has 0 saturated carbocycles. The number of benzene rings is 1. The number of nitrogens with zero attached hydrogens (tertiary/aromatic N) is 2. The van der Waals surface area contributed by atoms with Crippen molar-refractivity contribution in [2.45, 2.75) is 5.25 Å². The molecule has 2 N–H and O–H groups in total. The number of aromatic amines is 1. The van der Waals surface area contributed by atoms with Crippen molar-refractivity contribution >= 4 is 18.6 Å². The molecular formula is C14H11N3O3S. The van der Waals surface area contributed by atoms with E-state index in [1.807, 2.05) is 0 Å². The first-order valence-electron chi connectivity index (χ1n) is 6.12. The number of H-pyrrole nitrogens is 1. The third-order valence-electron chi connectivity index (χ3n) is 2.95. The summed E-state index contributed by atoms with van der Waals surface area (Å²) in [6.45, 7) is 0. The van der Waals surface area contributed by atoms with Gasteiger partial charge in [-0.15, -0.1) is 5.10 Å². The van der Waals surface area contributed by atoms with Crippen LogP contribution in [0.3, 0.4) is 0 Å². The standard InChI is InChI=1S/C14H11N3O3S/c18-14(19)9-4-1-3-8(7-9)11(21)13-15-12(16-17-13)10-5-2-6-20-10/h1-7,11,21H,(H,18,19)(H,15,16,17). The van der Waals surface area contributed by atoms with Crippen molar-refractivity contribution in [3.63, 3.8) is 0 Å². The van der Waals surface area contributed by atoms with Gasteiger partial charge >= 0.3 is 5.97 Å². The Bertz CT molecular complexity index is 767. The molecule has 0 aliphatic rings. The minimum atomic E-state index is -0.980. The quantitative estimate of drug-likeness (QED) is 0.644. The van der Waals surface area contributed by atoms with Crippen LogP contribution >= 0.6 is 12.6 Å². The van der Waals surface area contributed by atoms with Crippen molar-refractivity contribution in [3.8, 4) is 11.6 Å². The Balaban J connectivity index is 1.90. The van der Waals surface area contributed by atoms with Crippen LogP contribution in [0.25, 0.3) is 11.6 Å². The minimum absolute atomic E-state index is 0.206. The van der Waals surface area contributed by atoms with Crippen molar-refractivity contribution in [1.82, 2.24) is 15.2 Å². The Kier molecular flexibility index (Phi) is 3.49. The van der Waals surface area contributed by atoms with Crippen LogP contribution in [0.1, 0.15) is 27.0 Å². The molecule has 6 nitrogen and oxygen atoms in total. The Hall–Kier alpha value is -2.54. The predicted octanol–water partition coefficient (Wildman–Crippen LogP) is 2.78. The molecule has 0 spiro atoms. The third-order valence-corrected chi connectivity index (χ3v) is 3.50. The number of carboxylic acids is 1. The highest BCUT2D eigenvalue weighted by Crippen LogP contribution is 2.27. The normalized spacial score (nSPS) is 12.2. The molecule has 0 bridgehead atoms. The molecule has 3 rings (SSSR count). The van der Waals surface area contributed by atoms with Crippen molar-refractivity contribution in [1.29, 1.82) is 0 Å². The van der Waals surface area contributed by atoms with Gasteiger partial charge in [-0.25, -0.2) is 9.78 Å². The maximum absolute atomic E-state index is 11.0. The molecule has 1 atom stereocenters. The zero-order chi connectivity index (χ0) is 14.8. The first-order valence-corrected chi connectivity index (χ1v) is 6.64. The molecule has 0 aliphatic carbocycles. The van der Waals surface area contributed by atoms with E-state index in [0.29, 0.717) is 17.4 Å². The van der Waals surface area contributed by atoms with E-state index in [9.17, 15) is 4.79 Å². The van der Waals surface area contributed by atoms with Crippen molar-refractivity contribution < 1.29 is 14.3 Å². The number of rotatable bonds is 4. The average molecular weight is 301 g/mol. The number of hydrogen-bond donors (Lipinski definition) is 3. The molecule has 2 heterocycles. The summed E-state index contributed by atoms with van der Waals surface area (Å²) in [6.07, 6.45) is 1.54. The van der Waals surface area contributed by atoms with E-state index in [-0.39, 0.29) is 5.56 Å². The van der Waals surface area contributed by atoms with Crippen LogP contribution in [-0.4, -0.2) is 26.3 Å². The number of nitrogens with one attached hydrogen (secondary N) is 1. The van der Waals surface area contributed by atoms with Crippen LogP contribution < -0.4 is 0 Å². The molecule has 0 aliphatic heterocycles. The maximum atomic E-state index is 11.0. The Labute approximate surface area is 125 Å². The number of aromatic carboxylic acids is 1.